The minimum atomic E-state index is -0.375. The van der Waals surface area contributed by atoms with E-state index < -0.39 is 0 Å². The lowest BCUT2D eigenvalue weighted by atomic mass is 10.1. The highest BCUT2D eigenvalue weighted by Gasteiger charge is 2.28. The fraction of sp³-hybridized carbons (Fsp3) is 0.417. The maximum absolute atomic E-state index is 13.0. The molecule has 2 unspecified atom stereocenters. The fourth-order valence-corrected chi connectivity index (χ4v) is 2.17. The Bertz CT molecular complexity index is 439. The number of hydrogen-bond donors (Lipinski definition) is 1. The van der Waals surface area contributed by atoms with Crippen molar-refractivity contribution in [2.75, 3.05) is 11.9 Å². The number of benzene rings is 1. The molecule has 5 heteroatoms. The molecule has 0 radical (unpaired) electrons. The number of carbonyl (C=O) groups excluding carboxylic acids is 1. The number of amides is 1. The molecule has 2 rings (SSSR count). The van der Waals surface area contributed by atoms with Crippen molar-refractivity contribution in [1.82, 2.24) is 0 Å². The molecule has 92 valence electrons. The lowest BCUT2D eigenvalue weighted by Crippen LogP contribution is -2.23. The van der Waals surface area contributed by atoms with Gasteiger partial charge in [0.05, 0.1) is 24.3 Å². The van der Waals surface area contributed by atoms with Crippen LogP contribution in [-0.2, 0) is 9.53 Å². The summed E-state index contributed by atoms with van der Waals surface area (Å²) in [4.78, 5) is 11.9. The molecule has 1 N–H and O–H groups in total. The molecular formula is C12H13BrFNO2. The molecule has 1 aliphatic heterocycles. The van der Waals surface area contributed by atoms with Crippen molar-refractivity contribution < 1.29 is 13.9 Å². The molecule has 1 aromatic rings. The molecule has 1 aromatic carbocycles. The number of hydrogen-bond acceptors (Lipinski definition) is 2. The van der Waals surface area contributed by atoms with Crippen LogP contribution in [0.1, 0.15) is 13.3 Å². The maximum Gasteiger partial charge on any atom is 0.229 e. The van der Waals surface area contributed by atoms with Crippen LogP contribution < -0.4 is 5.32 Å². The van der Waals surface area contributed by atoms with Gasteiger partial charge in [-0.25, -0.2) is 4.39 Å². The topological polar surface area (TPSA) is 38.3 Å². The first-order chi connectivity index (χ1) is 8.06. The van der Waals surface area contributed by atoms with Gasteiger partial charge in [0.25, 0.3) is 0 Å². The van der Waals surface area contributed by atoms with Crippen molar-refractivity contribution in [2.24, 2.45) is 5.92 Å². The van der Waals surface area contributed by atoms with Crippen molar-refractivity contribution >= 4 is 27.5 Å². The van der Waals surface area contributed by atoms with E-state index in [0.29, 0.717) is 23.2 Å². The van der Waals surface area contributed by atoms with E-state index in [2.05, 4.69) is 21.2 Å². The second-order valence-corrected chi connectivity index (χ2v) is 5.04. The molecule has 17 heavy (non-hydrogen) atoms. The number of nitrogens with one attached hydrogen (secondary N) is 1. The van der Waals surface area contributed by atoms with Crippen molar-refractivity contribution in [3.05, 3.63) is 28.5 Å². The molecule has 1 fully saturated rings. The van der Waals surface area contributed by atoms with Gasteiger partial charge in [-0.05, 0) is 47.5 Å². The Kier molecular flexibility index (Phi) is 3.79. The van der Waals surface area contributed by atoms with E-state index >= 15 is 0 Å². The standard InChI is InChI=1S/C12H13BrFNO2/c1-7-4-8(6-17-7)12(16)15-11-5-9(14)2-3-10(11)13/h2-3,5,7-8H,4,6H2,1H3,(H,15,16). The lowest BCUT2D eigenvalue weighted by Gasteiger charge is -2.10. The van der Waals surface area contributed by atoms with E-state index in [0.717, 1.165) is 0 Å². The van der Waals surface area contributed by atoms with Crippen LogP contribution in [0.5, 0.6) is 0 Å². The summed E-state index contributed by atoms with van der Waals surface area (Å²) >= 11 is 3.27. The SMILES string of the molecule is CC1CC(C(=O)Nc2cc(F)ccc2Br)CO1. The molecule has 2 atom stereocenters. The van der Waals surface area contributed by atoms with Crippen molar-refractivity contribution in [3.8, 4) is 0 Å². The minimum absolute atomic E-state index is 0.113. The summed E-state index contributed by atoms with van der Waals surface area (Å²) in [5.41, 5.74) is 0.453. The van der Waals surface area contributed by atoms with Crippen LogP contribution in [0.3, 0.4) is 0 Å². The van der Waals surface area contributed by atoms with Crippen LogP contribution in [0.15, 0.2) is 22.7 Å². The molecule has 1 saturated heterocycles. The highest BCUT2D eigenvalue weighted by molar-refractivity contribution is 9.10. The molecule has 0 aliphatic carbocycles. The van der Waals surface area contributed by atoms with Crippen molar-refractivity contribution in [2.45, 2.75) is 19.4 Å². The average molecular weight is 302 g/mol. The molecule has 0 spiro atoms. The Hall–Kier alpha value is -0.940. The van der Waals surface area contributed by atoms with E-state index in [4.69, 9.17) is 4.74 Å². The van der Waals surface area contributed by atoms with Crippen LogP contribution in [0.2, 0.25) is 0 Å². The first-order valence-electron chi connectivity index (χ1n) is 5.44. The maximum atomic E-state index is 13.0. The number of halogens is 2. The van der Waals surface area contributed by atoms with E-state index in [9.17, 15) is 9.18 Å². The van der Waals surface area contributed by atoms with Gasteiger partial charge >= 0.3 is 0 Å². The highest BCUT2D eigenvalue weighted by atomic mass is 79.9. The van der Waals surface area contributed by atoms with Crippen LogP contribution in [0.25, 0.3) is 0 Å². The Morgan fingerprint density at radius 1 is 1.59 bits per heavy atom. The number of ether oxygens (including phenoxy) is 1. The largest absolute Gasteiger partial charge is 0.378 e. The summed E-state index contributed by atoms with van der Waals surface area (Å²) in [7, 11) is 0. The van der Waals surface area contributed by atoms with Gasteiger partial charge in [0, 0.05) is 4.47 Å². The predicted octanol–water partition coefficient (Wildman–Crippen LogP) is 2.95. The fourth-order valence-electron chi connectivity index (χ4n) is 1.83. The molecule has 0 saturated carbocycles. The Balaban J connectivity index is 2.05. The number of carbonyl (C=O) groups is 1. The summed E-state index contributed by atoms with van der Waals surface area (Å²) in [6, 6.07) is 4.19. The van der Waals surface area contributed by atoms with Crippen LogP contribution in [0, 0.1) is 11.7 Å². The summed E-state index contributed by atoms with van der Waals surface area (Å²) < 4.78 is 19.0. The van der Waals surface area contributed by atoms with Gasteiger partial charge in [0.2, 0.25) is 5.91 Å². The van der Waals surface area contributed by atoms with E-state index in [1.54, 1.807) is 6.07 Å². The summed E-state index contributed by atoms with van der Waals surface area (Å²) in [5.74, 6) is -0.652. The molecule has 0 aromatic heterocycles. The van der Waals surface area contributed by atoms with Gasteiger partial charge in [-0.2, -0.15) is 0 Å². The molecule has 3 nitrogen and oxygen atoms in total. The average Bonchev–Trinajstić information content (AvgIpc) is 2.70. The molecular weight excluding hydrogens is 289 g/mol. The first-order valence-corrected chi connectivity index (χ1v) is 6.23. The van der Waals surface area contributed by atoms with Gasteiger partial charge in [-0.15, -0.1) is 0 Å². The molecule has 1 amide bonds. The Morgan fingerprint density at radius 2 is 2.35 bits per heavy atom. The summed E-state index contributed by atoms with van der Waals surface area (Å²) in [6.07, 6.45) is 0.820. The number of anilines is 1. The zero-order chi connectivity index (χ0) is 12.4. The van der Waals surface area contributed by atoms with Crippen molar-refractivity contribution in [1.29, 1.82) is 0 Å². The monoisotopic (exact) mass is 301 g/mol. The summed E-state index contributed by atoms with van der Waals surface area (Å²) in [5, 5.41) is 2.71. The number of rotatable bonds is 2. The second-order valence-electron chi connectivity index (χ2n) is 4.19. The van der Waals surface area contributed by atoms with Gasteiger partial charge in [-0.1, -0.05) is 0 Å². The van der Waals surface area contributed by atoms with Gasteiger partial charge < -0.3 is 10.1 Å². The quantitative estimate of drug-likeness (QED) is 0.912. The van der Waals surface area contributed by atoms with Crippen molar-refractivity contribution in [3.63, 3.8) is 0 Å². The molecule has 1 aliphatic rings. The second kappa shape index (κ2) is 5.14. The Labute approximate surface area is 107 Å². The lowest BCUT2D eigenvalue weighted by molar-refractivity contribution is -0.119. The summed E-state index contributed by atoms with van der Waals surface area (Å²) in [6.45, 7) is 2.37. The van der Waals surface area contributed by atoms with E-state index in [1.807, 2.05) is 6.92 Å². The smallest absolute Gasteiger partial charge is 0.229 e. The molecule has 1 heterocycles. The normalized spacial score (nSPS) is 23.7. The van der Waals surface area contributed by atoms with Gasteiger partial charge in [-0.3, -0.25) is 4.79 Å². The van der Waals surface area contributed by atoms with Gasteiger partial charge in [0.1, 0.15) is 5.82 Å². The van der Waals surface area contributed by atoms with E-state index in [-0.39, 0.29) is 23.7 Å². The van der Waals surface area contributed by atoms with Crippen LogP contribution >= 0.6 is 15.9 Å². The Morgan fingerprint density at radius 3 is 3.00 bits per heavy atom. The zero-order valence-electron chi connectivity index (χ0n) is 9.37. The van der Waals surface area contributed by atoms with Crippen LogP contribution in [0.4, 0.5) is 10.1 Å². The molecule has 0 bridgehead atoms. The van der Waals surface area contributed by atoms with Crippen LogP contribution in [-0.4, -0.2) is 18.6 Å². The third-order valence-corrected chi connectivity index (χ3v) is 3.45. The zero-order valence-corrected chi connectivity index (χ0v) is 11.0. The van der Waals surface area contributed by atoms with Gasteiger partial charge in [0.15, 0.2) is 0 Å². The highest BCUT2D eigenvalue weighted by Crippen LogP contribution is 2.26. The third kappa shape index (κ3) is 3.04. The van der Waals surface area contributed by atoms with E-state index in [1.165, 1.54) is 12.1 Å². The minimum Gasteiger partial charge on any atom is -0.378 e. The first kappa shape index (κ1) is 12.5. The predicted molar refractivity (Wildman–Crippen MR) is 66.3 cm³/mol. The third-order valence-electron chi connectivity index (χ3n) is 2.76.